The van der Waals surface area contributed by atoms with Gasteiger partial charge in [0.1, 0.15) is 12.1 Å². The Morgan fingerprint density at radius 3 is 2.75 bits per heavy atom. The number of hydrogen-bond donors (Lipinski definition) is 0. The largest absolute Gasteiger partial charge is 0.302 e. The zero-order chi connectivity index (χ0) is 9.14. The lowest BCUT2D eigenvalue weighted by Crippen LogP contribution is -1.92. The fourth-order valence-corrected chi connectivity index (χ4v) is 1.14. The van der Waals surface area contributed by atoms with Gasteiger partial charge in [-0.25, -0.2) is 4.39 Å². The van der Waals surface area contributed by atoms with Gasteiger partial charge in [-0.1, -0.05) is 28.1 Å². The molecule has 0 bridgehead atoms. The standard InChI is InChI=1S/C9H8BrFO/c1-6-2-3-7(4-9(6)11)8(10)5-12/h2-5,8H,1H3. The van der Waals surface area contributed by atoms with E-state index in [4.69, 9.17) is 0 Å². The first-order chi connectivity index (χ1) is 5.65. The summed E-state index contributed by atoms with van der Waals surface area (Å²) in [7, 11) is 0. The molecule has 0 N–H and O–H groups in total. The maximum Gasteiger partial charge on any atom is 0.138 e. The van der Waals surface area contributed by atoms with Gasteiger partial charge >= 0.3 is 0 Å². The van der Waals surface area contributed by atoms with Crippen molar-refractivity contribution in [1.82, 2.24) is 0 Å². The Bertz CT molecular complexity index is 299. The molecule has 0 aromatic heterocycles. The van der Waals surface area contributed by atoms with Gasteiger partial charge < -0.3 is 4.79 Å². The number of rotatable bonds is 2. The maximum absolute atomic E-state index is 12.9. The molecule has 1 nitrogen and oxygen atoms in total. The number of carbonyl (C=O) groups excluding carboxylic acids is 1. The van der Waals surface area contributed by atoms with E-state index in [0.29, 0.717) is 11.1 Å². The van der Waals surface area contributed by atoms with Crippen LogP contribution in [0.2, 0.25) is 0 Å². The molecule has 1 aromatic rings. The highest BCUT2D eigenvalue weighted by Crippen LogP contribution is 2.21. The van der Waals surface area contributed by atoms with Crippen LogP contribution in [0.5, 0.6) is 0 Å². The molecule has 1 unspecified atom stereocenters. The van der Waals surface area contributed by atoms with Gasteiger partial charge in [0, 0.05) is 0 Å². The highest BCUT2D eigenvalue weighted by molar-refractivity contribution is 9.09. The van der Waals surface area contributed by atoms with Crippen LogP contribution in [0.4, 0.5) is 4.39 Å². The molecule has 1 rings (SSSR count). The second-order valence-electron chi connectivity index (χ2n) is 2.55. The first-order valence-corrected chi connectivity index (χ1v) is 4.42. The third-order valence-electron chi connectivity index (χ3n) is 1.63. The molecular formula is C9H8BrFO. The molecule has 0 aliphatic carbocycles. The number of halogens is 2. The molecule has 12 heavy (non-hydrogen) atoms. The summed E-state index contributed by atoms with van der Waals surface area (Å²) >= 11 is 3.11. The normalized spacial score (nSPS) is 12.6. The van der Waals surface area contributed by atoms with E-state index >= 15 is 0 Å². The van der Waals surface area contributed by atoms with E-state index in [2.05, 4.69) is 15.9 Å². The van der Waals surface area contributed by atoms with Crippen LogP contribution in [0.3, 0.4) is 0 Å². The number of hydrogen-bond acceptors (Lipinski definition) is 1. The van der Waals surface area contributed by atoms with E-state index in [1.165, 1.54) is 6.07 Å². The summed E-state index contributed by atoms with van der Waals surface area (Å²) in [5, 5.41) is 0. The molecule has 0 aliphatic heterocycles. The van der Waals surface area contributed by atoms with Crippen molar-refractivity contribution < 1.29 is 9.18 Å². The Hall–Kier alpha value is -0.700. The van der Waals surface area contributed by atoms with Gasteiger partial charge in [-0.05, 0) is 24.1 Å². The zero-order valence-corrected chi connectivity index (χ0v) is 8.14. The minimum atomic E-state index is -0.410. The first kappa shape index (κ1) is 9.39. The third-order valence-corrected chi connectivity index (χ3v) is 2.38. The molecule has 0 heterocycles. The number of aryl methyl sites for hydroxylation is 1. The molecule has 3 heteroatoms. The molecule has 0 amide bonds. The minimum absolute atomic E-state index is 0.279. The summed E-state index contributed by atoms with van der Waals surface area (Å²) < 4.78 is 12.9. The van der Waals surface area contributed by atoms with Crippen molar-refractivity contribution >= 4 is 22.2 Å². The second kappa shape index (κ2) is 3.81. The molecule has 64 valence electrons. The molecule has 1 atom stereocenters. The van der Waals surface area contributed by atoms with Gasteiger partial charge in [0.25, 0.3) is 0 Å². The van der Waals surface area contributed by atoms with Crippen LogP contribution in [0.25, 0.3) is 0 Å². The monoisotopic (exact) mass is 230 g/mol. The van der Waals surface area contributed by atoms with Crippen molar-refractivity contribution in [3.8, 4) is 0 Å². The number of aldehydes is 1. The van der Waals surface area contributed by atoms with Crippen molar-refractivity contribution in [3.63, 3.8) is 0 Å². The highest BCUT2D eigenvalue weighted by atomic mass is 79.9. The van der Waals surface area contributed by atoms with Crippen molar-refractivity contribution in [1.29, 1.82) is 0 Å². The smallest absolute Gasteiger partial charge is 0.138 e. The number of benzene rings is 1. The molecule has 0 saturated heterocycles. The molecule has 0 aliphatic rings. The van der Waals surface area contributed by atoms with E-state index < -0.39 is 4.83 Å². The molecular weight excluding hydrogens is 223 g/mol. The predicted octanol–water partition coefficient (Wildman–Crippen LogP) is 2.77. The Morgan fingerprint density at radius 2 is 2.25 bits per heavy atom. The van der Waals surface area contributed by atoms with Crippen LogP contribution in [-0.4, -0.2) is 6.29 Å². The Labute approximate surface area is 78.7 Å². The van der Waals surface area contributed by atoms with E-state index in [0.717, 1.165) is 6.29 Å². The predicted molar refractivity (Wildman–Crippen MR) is 48.9 cm³/mol. The maximum atomic E-state index is 12.9. The summed E-state index contributed by atoms with van der Waals surface area (Å²) in [5.74, 6) is -0.279. The number of carbonyl (C=O) groups is 1. The topological polar surface area (TPSA) is 17.1 Å². The van der Waals surface area contributed by atoms with Crippen LogP contribution < -0.4 is 0 Å². The lowest BCUT2D eigenvalue weighted by Gasteiger charge is -2.03. The average Bonchev–Trinajstić information content (AvgIpc) is 2.08. The summed E-state index contributed by atoms with van der Waals surface area (Å²) in [6.45, 7) is 1.68. The van der Waals surface area contributed by atoms with Crippen molar-refractivity contribution in [2.75, 3.05) is 0 Å². The summed E-state index contributed by atoms with van der Waals surface area (Å²) in [6, 6.07) is 4.75. The van der Waals surface area contributed by atoms with E-state index in [-0.39, 0.29) is 5.82 Å². The summed E-state index contributed by atoms with van der Waals surface area (Å²) in [5.41, 5.74) is 1.23. The van der Waals surface area contributed by atoms with Crippen LogP contribution in [0.15, 0.2) is 18.2 Å². The molecule has 0 fully saturated rings. The molecule has 0 saturated carbocycles. The first-order valence-electron chi connectivity index (χ1n) is 3.50. The van der Waals surface area contributed by atoms with Crippen LogP contribution in [0, 0.1) is 12.7 Å². The van der Waals surface area contributed by atoms with Crippen molar-refractivity contribution in [3.05, 3.63) is 35.1 Å². The second-order valence-corrected chi connectivity index (χ2v) is 3.53. The lowest BCUT2D eigenvalue weighted by molar-refractivity contribution is -0.107. The van der Waals surface area contributed by atoms with Crippen LogP contribution >= 0.6 is 15.9 Å². The molecule has 1 aromatic carbocycles. The average molecular weight is 231 g/mol. The Kier molecular flexibility index (Phi) is 2.98. The summed E-state index contributed by atoms with van der Waals surface area (Å²) in [4.78, 5) is 9.92. The van der Waals surface area contributed by atoms with E-state index in [9.17, 15) is 9.18 Å². The Balaban J connectivity index is 3.04. The van der Waals surface area contributed by atoms with Gasteiger partial charge in [-0.2, -0.15) is 0 Å². The van der Waals surface area contributed by atoms with E-state index in [1.807, 2.05) is 0 Å². The van der Waals surface area contributed by atoms with E-state index in [1.54, 1.807) is 19.1 Å². The Morgan fingerprint density at radius 1 is 1.58 bits per heavy atom. The van der Waals surface area contributed by atoms with Gasteiger partial charge in [0.05, 0.1) is 4.83 Å². The SMILES string of the molecule is Cc1ccc(C(Br)C=O)cc1F. The minimum Gasteiger partial charge on any atom is -0.302 e. The summed E-state index contributed by atoms with van der Waals surface area (Å²) in [6.07, 6.45) is 0.726. The third kappa shape index (κ3) is 1.91. The fourth-order valence-electron chi connectivity index (χ4n) is 0.859. The highest BCUT2D eigenvalue weighted by Gasteiger charge is 2.07. The van der Waals surface area contributed by atoms with Gasteiger partial charge in [-0.15, -0.1) is 0 Å². The van der Waals surface area contributed by atoms with Crippen molar-refractivity contribution in [2.45, 2.75) is 11.8 Å². The number of alkyl halides is 1. The van der Waals surface area contributed by atoms with Gasteiger partial charge in [0.2, 0.25) is 0 Å². The van der Waals surface area contributed by atoms with Gasteiger partial charge in [-0.3, -0.25) is 0 Å². The molecule has 0 radical (unpaired) electrons. The van der Waals surface area contributed by atoms with Crippen molar-refractivity contribution in [2.24, 2.45) is 0 Å². The molecule has 0 spiro atoms. The van der Waals surface area contributed by atoms with Crippen LogP contribution in [-0.2, 0) is 4.79 Å². The quantitative estimate of drug-likeness (QED) is 0.565. The zero-order valence-electron chi connectivity index (χ0n) is 6.55. The fraction of sp³-hybridized carbons (Fsp3) is 0.222. The lowest BCUT2D eigenvalue weighted by atomic mass is 10.1. The van der Waals surface area contributed by atoms with Crippen LogP contribution in [0.1, 0.15) is 16.0 Å². The van der Waals surface area contributed by atoms with Gasteiger partial charge in [0.15, 0.2) is 0 Å².